The molecule has 2 aromatic rings. The Balaban J connectivity index is 1.54. The van der Waals surface area contributed by atoms with E-state index in [0.717, 1.165) is 43.4 Å². The minimum absolute atomic E-state index is 0.113. The largest absolute Gasteiger partial charge is 0.378 e. The van der Waals surface area contributed by atoms with E-state index in [4.69, 9.17) is 4.74 Å². The van der Waals surface area contributed by atoms with Crippen molar-refractivity contribution in [3.63, 3.8) is 0 Å². The summed E-state index contributed by atoms with van der Waals surface area (Å²) in [6.45, 7) is 2.08. The van der Waals surface area contributed by atoms with Crippen molar-refractivity contribution in [2.75, 3.05) is 32.1 Å². The number of aryl methyl sites for hydroxylation is 2. The number of carbonyl (C=O) groups is 1. The van der Waals surface area contributed by atoms with Gasteiger partial charge >= 0.3 is 0 Å². The van der Waals surface area contributed by atoms with E-state index in [9.17, 15) is 4.79 Å². The fraction of sp³-hybridized carbons (Fsp3) is 0.458. The van der Waals surface area contributed by atoms with E-state index in [1.807, 2.05) is 25.1 Å². The molecular weight excluding hydrogens is 348 g/mol. The van der Waals surface area contributed by atoms with E-state index >= 15 is 0 Å². The van der Waals surface area contributed by atoms with E-state index < -0.39 is 0 Å². The van der Waals surface area contributed by atoms with Crippen molar-refractivity contribution in [2.45, 2.75) is 44.8 Å². The second-order valence-corrected chi connectivity index (χ2v) is 8.22. The van der Waals surface area contributed by atoms with Crippen LogP contribution in [-0.2, 0) is 24.1 Å². The number of carbonyl (C=O) groups excluding carboxylic acids is 1. The van der Waals surface area contributed by atoms with Crippen LogP contribution in [0.25, 0.3) is 0 Å². The number of fused-ring (bicyclic) bond motifs is 1. The van der Waals surface area contributed by atoms with Gasteiger partial charge in [-0.3, -0.25) is 4.79 Å². The average Bonchev–Trinajstić information content (AvgIpc) is 3.38. The average molecular weight is 379 g/mol. The highest BCUT2D eigenvalue weighted by Crippen LogP contribution is 2.25. The first-order valence-electron chi connectivity index (χ1n) is 10.4. The van der Waals surface area contributed by atoms with Gasteiger partial charge in [-0.2, -0.15) is 0 Å². The monoisotopic (exact) mass is 378 g/mol. The summed E-state index contributed by atoms with van der Waals surface area (Å²) in [5, 5.41) is 0. The molecule has 1 aliphatic heterocycles. The first kappa shape index (κ1) is 19.0. The van der Waals surface area contributed by atoms with Crippen LogP contribution in [0.2, 0.25) is 0 Å². The van der Waals surface area contributed by atoms with Gasteiger partial charge in [0.2, 0.25) is 0 Å². The highest BCUT2D eigenvalue weighted by atomic mass is 16.5. The van der Waals surface area contributed by atoms with Gasteiger partial charge in [0.05, 0.1) is 6.10 Å². The Morgan fingerprint density at radius 2 is 1.82 bits per heavy atom. The van der Waals surface area contributed by atoms with E-state index in [-0.39, 0.29) is 12.0 Å². The lowest BCUT2D eigenvalue weighted by molar-refractivity contribution is 0.0507. The lowest BCUT2D eigenvalue weighted by Crippen LogP contribution is -2.37. The Labute approximate surface area is 168 Å². The van der Waals surface area contributed by atoms with Gasteiger partial charge in [0.25, 0.3) is 5.91 Å². The molecule has 4 rings (SSSR count). The standard InChI is InChI=1S/C24H30N2O2/c1-25(2)22-12-8-18(9-13-22)16-26(17-23-7-4-14-28-23)24(27)21-11-10-19-5-3-6-20(19)15-21/h8-13,15,23H,3-7,14,16-17H2,1-2H3. The van der Waals surface area contributed by atoms with Crippen LogP contribution in [-0.4, -0.2) is 44.2 Å². The molecule has 2 aromatic carbocycles. The third-order valence-electron chi connectivity index (χ3n) is 5.91. The van der Waals surface area contributed by atoms with Crippen LogP contribution in [0.5, 0.6) is 0 Å². The maximum absolute atomic E-state index is 13.4. The van der Waals surface area contributed by atoms with Gasteiger partial charge in [-0.05, 0) is 73.1 Å². The highest BCUT2D eigenvalue weighted by molar-refractivity contribution is 5.94. The SMILES string of the molecule is CN(C)c1ccc(CN(CC2CCCO2)C(=O)c2ccc3c(c2)CCC3)cc1. The lowest BCUT2D eigenvalue weighted by atomic mass is 10.0. The lowest BCUT2D eigenvalue weighted by Gasteiger charge is -2.26. The topological polar surface area (TPSA) is 32.8 Å². The smallest absolute Gasteiger partial charge is 0.254 e. The van der Waals surface area contributed by atoms with Crippen molar-refractivity contribution in [2.24, 2.45) is 0 Å². The number of hydrogen-bond acceptors (Lipinski definition) is 3. The Bertz CT molecular complexity index is 823. The van der Waals surface area contributed by atoms with E-state index in [1.54, 1.807) is 0 Å². The van der Waals surface area contributed by atoms with Crippen LogP contribution < -0.4 is 4.90 Å². The minimum atomic E-state index is 0.113. The molecule has 28 heavy (non-hydrogen) atoms. The summed E-state index contributed by atoms with van der Waals surface area (Å²) < 4.78 is 5.83. The van der Waals surface area contributed by atoms with Crippen molar-refractivity contribution >= 4 is 11.6 Å². The fourth-order valence-corrected chi connectivity index (χ4v) is 4.26. The van der Waals surface area contributed by atoms with Gasteiger partial charge in [-0.15, -0.1) is 0 Å². The Kier molecular flexibility index (Phi) is 5.67. The number of ether oxygens (including phenoxy) is 1. The molecule has 4 nitrogen and oxygen atoms in total. The van der Waals surface area contributed by atoms with Crippen LogP contribution in [0.15, 0.2) is 42.5 Å². The van der Waals surface area contributed by atoms with Crippen molar-refractivity contribution in [3.8, 4) is 0 Å². The number of benzene rings is 2. The summed E-state index contributed by atoms with van der Waals surface area (Å²) in [4.78, 5) is 17.4. The number of nitrogens with zero attached hydrogens (tertiary/aromatic N) is 2. The van der Waals surface area contributed by atoms with Crippen molar-refractivity contribution in [3.05, 3.63) is 64.7 Å². The summed E-state index contributed by atoms with van der Waals surface area (Å²) in [5.74, 6) is 0.113. The zero-order valence-corrected chi connectivity index (χ0v) is 17.0. The zero-order chi connectivity index (χ0) is 19.5. The quantitative estimate of drug-likeness (QED) is 0.760. The second kappa shape index (κ2) is 8.36. The normalized spacial score (nSPS) is 18.1. The first-order valence-corrected chi connectivity index (χ1v) is 10.4. The molecule has 1 atom stereocenters. The molecule has 2 aliphatic rings. The molecule has 0 radical (unpaired) electrons. The molecule has 1 aliphatic carbocycles. The zero-order valence-electron chi connectivity index (χ0n) is 17.0. The van der Waals surface area contributed by atoms with Gasteiger partial charge in [-0.25, -0.2) is 0 Å². The predicted molar refractivity (Wildman–Crippen MR) is 113 cm³/mol. The Morgan fingerprint density at radius 3 is 2.54 bits per heavy atom. The molecule has 1 unspecified atom stereocenters. The molecule has 0 N–H and O–H groups in total. The van der Waals surface area contributed by atoms with Crippen molar-refractivity contribution < 1.29 is 9.53 Å². The molecule has 0 bridgehead atoms. The molecule has 0 aromatic heterocycles. The van der Waals surface area contributed by atoms with Crippen LogP contribution in [0, 0.1) is 0 Å². The Hall–Kier alpha value is -2.33. The third kappa shape index (κ3) is 4.22. The molecule has 1 heterocycles. The molecular formula is C24H30N2O2. The maximum Gasteiger partial charge on any atom is 0.254 e. The van der Waals surface area contributed by atoms with Crippen molar-refractivity contribution in [1.29, 1.82) is 0 Å². The summed E-state index contributed by atoms with van der Waals surface area (Å²) in [7, 11) is 4.08. The van der Waals surface area contributed by atoms with Crippen LogP contribution >= 0.6 is 0 Å². The molecule has 1 amide bonds. The van der Waals surface area contributed by atoms with E-state index in [1.165, 1.54) is 23.2 Å². The van der Waals surface area contributed by atoms with E-state index in [0.29, 0.717) is 13.1 Å². The van der Waals surface area contributed by atoms with Crippen LogP contribution in [0.4, 0.5) is 5.69 Å². The second-order valence-electron chi connectivity index (χ2n) is 8.22. The molecule has 0 saturated carbocycles. The highest BCUT2D eigenvalue weighted by Gasteiger charge is 2.24. The minimum Gasteiger partial charge on any atom is -0.378 e. The predicted octanol–water partition coefficient (Wildman–Crippen LogP) is 4.06. The molecule has 148 valence electrons. The molecule has 4 heteroatoms. The third-order valence-corrected chi connectivity index (χ3v) is 5.91. The number of anilines is 1. The summed E-state index contributed by atoms with van der Waals surface area (Å²) in [6, 6.07) is 14.7. The maximum atomic E-state index is 13.4. The molecule has 1 saturated heterocycles. The summed E-state index contributed by atoms with van der Waals surface area (Å²) >= 11 is 0. The first-order chi connectivity index (χ1) is 13.6. The van der Waals surface area contributed by atoms with Crippen LogP contribution in [0.3, 0.4) is 0 Å². The number of rotatable bonds is 6. The summed E-state index contributed by atoms with van der Waals surface area (Å²) in [6.07, 6.45) is 5.71. The molecule has 1 fully saturated rings. The van der Waals surface area contributed by atoms with E-state index in [2.05, 4.69) is 41.3 Å². The van der Waals surface area contributed by atoms with Gasteiger partial charge in [0, 0.05) is 45.0 Å². The number of amides is 1. The molecule has 0 spiro atoms. The summed E-state index contributed by atoms with van der Waals surface area (Å²) in [5.41, 5.74) is 5.88. The van der Waals surface area contributed by atoms with Gasteiger partial charge < -0.3 is 14.5 Å². The van der Waals surface area contributed by atoms with Crippen LogP contribution in [0.1, 0.15) is 46.3 Å². The van der Waals surface area contributed by atoms with Gasteiger partial charge in [0.15, 0.2) is 0 Å². The fourth-order valence-electron chi connectivity index (χ4n) is 4.26. The van der Waals surface area contributed by atoms with Crippen molar-refractivity contribution in [1.82, 2.24) is 4.90 Å². The van der Waals surface area contributed by atoms with Gasteiger partial charge in [-0.1, -0.05) is 18.2 Å². The van der Waals surface area contributed by atoms with Gasteiger partial charge in [0.1, 0.15) is 0 Å². The number of hydrogen-bond donors (Lipinski definition) is 0. The Morgan fingerprint density at radius 1 is 1.04 bits per heavy atom.